The first-order valence-corrected chi connectivity index (χ1v) is 7.17. The average molecular weight is 255 g/mol. The fourth-order valence-electron chi connectivity index (χ4n) is 2.85. The molecule has 1 saturated heterocycles. The van der Waals surface area contributed by atoms with Gasteiger partial charge in [0.1, 0.15) is 5.58 Å². The summed E-state index contributed by atoms with van der Waals surface area (Å²) in [4.78, 5) is 2.49. The van der Waals surface area contributed by atoms with Gasteiger partial charge < -0.3 is 9.32 Å². The van der Waals surface area contributed by atoms with Crippen LogP contribution in [0.1, 0.15) is 38.9 Å². The van der Waals surface area contributed by atoms with E-state index in [9.17, 15) is 0 Å². The van der Waals surface area contributed by atoms with Crippen molar-refractivity contribution in [1.29, 1.82) is 0 Å². The summed E-state index contributed by atoms with van der Waals surface area (Å²) in [5, 5.41) is 1.25. The second-order valence-corrected chi connectivity index (χ2v) is 5.58. The number of furan rings is 1. The standard InChI is InChI=1S/C17H21NO/c1-13(2)12-16-17(18-10-6-3-7-11-18)14-8-4-5-9-15(14)19-16/h4-5,8-9,12H,3,6-7,10-11H2,1-2H3. The molecule has 2 nitrogen and oxygen atoms in total. The molecule has 2 heterocycles. The number of benzene rings is 1. The lowest BCUT2D eigenvalue weighted by Crippen LogP contribution is -2.29. The van der Waals surface area contributed by atoms with E-state index >= 15 is 0 Å². The van der Waals surface area contributed by atoms with Crippen LogP contribution < -0.4 is 4.90 Å². The fraction of sp³-hybridized carbons (Fsp3) is 0.412. The summed E-state index contributed by atoms with van der Waals surface area (Å²) in [5.74, 6) is 1.02. The summed E-state index contributed by atoms with van der Waals surface area (Å²) in [6.45, 7) is 6.53. The van der Waals surface area contributed by atoms with Crippen molar-refractivity contribution in [3.63, 3.8) is 0 Å². The molecule has 0 saturated carbocycles. The van der Waals surface area contributed by atoms with Gasteiger partial charge in [0.25, 0.3) is 0 Å². The minimum Gasteiger partial charge on any atom is -0.454 e. The van der Waals surface area contributed by atoms with Crippen molar-refractivity contribution >= 4 is 22.7 Å². The zero-order valence-electron chi connectivity index (χ0n) is 11.8. The molecule has 0 bridgehead atoms. The first-order valence-electron chi connectivity index (χ1n) is 7.17. The van der Waals surface area contributed by atoms with Gasteiger partial charge in [-0.25, -0.2) is 0 Å². The van der Waals surface area contributed by atoms with Gasteiger partial charge in [-0.05, 0) is 51.3 Å². The highest BCUT2D eigenvalue weighted by atomic mass is 16.3. The van der Waals surface area contributed by atoms with Crippen LogP contribution in [0.25, 0.3) is 17.0 Å². The Labute approximate surface area is 114 Å². The maximum Gasteiger partial charge on any atom is 0.151 e. The van der Waals surface area contributed by atoms with E-state index in [-0.39, 0.29) is 0 Å². The zero-order valence-corrected chi connectivity index (χ0v) is 11.8. The monoisotopic (exact) mass is 255 g/mol. The van der Waals surface area contributed by atoms with Gasteiger partial charge in [0.2, 0.25) is 0 Å². The number of para-hydroxylation sites is 1. The maximum absolute atomic E-state index is 6.05. The highest BCUT2D eigenvalue weighted by Gasteiger charge is 2.20. The Balaban J connectivity index is 2.15. The number of hydrogen-bond acceptors (Lipinski definition) is 2. The Hall–Kier alpha value is -1.70. The van der Waals surface area contributed by atoms with Crippen molar-refractivity contribution in [3.05, 3.63) is 35.6 Å². The van der Waals surface area contributed by atoms with Crippen LogP contribution in [0.4, 0.5) is 5.69 Å². The van der Waals surface area contributed by atoms with E-state index in [2.05, 4.69) is 43.0 Å². The van der Waals surface area contributed by atoms with E-state index in [1.807, 2.05) is 6.07 Å². The van der Waals surface area contributed by atoms with Crippen molar-refractivity contribution in [3.8, 4) is 0 Å². The molecule has 100 valence electrons. The molecule has 1 aromatic heterocycles. The lowest BCUT2D eigenvalue weighted by atomic mass is 10.1. The molecule has 1 aliphatic heterocycles. The maximum atomic E-state index is 6.05. The Bertz CT molecular complexity index is 599. The van der Waals surface area contributed by atoms with Crippen LogP contribution >= 0.6 is 0 Å². The van der Waals surface area contributed by atoms with E-state index in [4.69, 9.17) is 4.42 Å². The molecule has 0 spiro atoms. The topological polar surface area (TPSA) is 16.4 Å². The highest BCUT2D eigenvalue weighted by Crippen LogP contribution is 2.36. The van der Waals surface area contributed by atoms with Crippen LogP contribution in [0.3, 0.4) is 0 Å². The van der Waals surface area contributed by atoms with Gasteiger partial charge in [0.05, 0.1) is 5.69 Å². The quantitative estimate of drug-likeness (QED) is 0.763. The second kappa shape index (κ2) is 5.12. The van der Waals surface area contributed by atoms with Crippen molar-refractivity contribution in [2.24, 2.45) is 0 Å². The van der Waals surface area contributed by atoms with Crippen molar-refractivity contribution in [2.75, 3.05) is 18.0 Å². The average Bonchev–Trinajstić information content (AvgIpc) is 2.76. The second-order valence-electron chi connectivity index (χ2n) is 5.58. The van der Waals surface area contributed by atoms with Gasteiger partial charge in [0, 0.05) is 18.5 Å². The first kappa shape index (κ1) is 12.3. The van der Waals surface area contributed by atoms with Crippen LogP contribution in [0.15, 0.2) is 34.3 Å². The van der Waals surface area contributed by atoms with Crippen LogP contribution in [0.5, 0.6) is 0 Å². The number of allylic oxidation sites excluding steroid dienone is 1. The van der Waals surface area contributed by atoms with Crippen molar-refractivity contribution in [2.45, 2.75) is 33.1 Å². The number of piperidine rings is 1. The van der Waals surface area contributed by atoms with Gasteiger partial charge in [-0.15, -0.1) is 0 Å². The molecule has 0 unspecified atom stereocenters. The number of hydrogen-bond donors (Lipinski definition) is 0. The van der Waals surface area contributed by atoms with Crippen LogP contribution in [0, 0.1) is 0 Å². The number of fused-ring (bicyclic) bond motifs is 1. The van der Waals surface area contributed by atoms with E-state index in [1.54, 1.807) is 0 Å². The van der Waals surface area contributed by atoms with Crippen LogP contribution in [-0.4, -0.2) is 13.1 Å². The Morgan fingerprint density at radius 2 is 1.84 bits per heavy atom. The first-order chi connectivity index (χ1) is 9.25. The molecule has 0 N–H and O–H groups in total. The Morgan fingerprint density at radius 3 is 2.58 bits per heavy atom. The zero-order chi connectivity index (χ0) is 13.2. The molecule has 0 amide bonds. The smallest absolute Gasteiger partial charge is 0.151 e. The molecular formula is C17H21NO. The molecule has 3 rings (SSSR count). The summed E-state index contributed by atoms with van der Waals surface area (Å²) in [5.41, 5.74) is 3.56. The highest BCUT2D eigenvalue weighted by molar-refractivity contribution is 5.95. The molecule has 0 radical (unpaired) electrons. The van der Waals surface area contributed by atoms with E-state index < -0.39 is 0 Å². The van der Waals surface area contributed by atoms with Gasteiger partial charge in [0.15, 0.2) is 5.76 Å². The number of anilines is 1. The Morgan fingerprint density at radius 1 is 1.11 bits per heavy atom. The number of rotatable bonds is 2. The van der Waals surface area contributed by atoms with Gasteiger partial charge >= 0.3 is 0 Å². The minimum atomic E-state index is 0.996. The predicted molar refractivity (Wildman–Crippen MR) is 81.6 cm³/mol. The van der Waals surface area contributed by atoms with Crippen LogP contribution in [0.2, 0.25) is 0 Å². The predicted octanol–water partition coefficient (Wildman–Crippen LogP) is 4.85. The lowest BCUT2D eigenvalue weighted by Gasteiger charge is -2.28. The van der Waals surface area contributed by atoms with Crippen molar-refractivity contribution < 1.29 is 4.42 Å². The summed E-state index contributed by atoms with van der Waals surface area (Å²) >= 11 is 0. The third-order valence-electron chi connectivity index (χ3n) is 3.69. The van der Waals surface area contributed by atoms with Gasteiger partial charge in [-0.1, -0.05) is 17.7 Å². The third-order valence-corrected chi connectivity index (χ3v) is 3.69. The molecule has 0 atom stereocenters. The molecule has 19 heavy (non-hydrogen) atoms. The summed E-state index contributed by atoms with van der Waals surface area (Å²) in [7, 11) is 0. The van der Waals surface area contributed by atoms with E-state index in [0.29, 0.717) is 0 Å². The van der Waals surface area contributed by atoms with Crippen LogP contribution in [-0.2, 0) is 0 Å². The Kier molecular flexibility index (Phi) is 3.33. The summed E-state index contributed by atoms with van der Waals surface area (Å²) < 4.78 is 6.05. The van der Waals surface area contributed by atoms with E-state index in [0.717, 1.165) is 24.4 Å². The van der Waals surface area contributed by atoms with Gasteiger partial charge in [-0.2, -0.15) is 0 Å². The molecule has 2 heteroatoms. The minimum absolute atomic E-state index is 0.996. The van der Waals surface area contributed by atoms with E-state index in [1.165, 1.54) is 35.9 Å². The molecule has 2 aromatic rings. The molecule has 1 aliphatic rings. The molecule has 0 aliphatic carbocycles. The normalized spacial score (nSPS) is 15.8. The number of nitrogens with zero attached hydrogens (tertiary/aromatic N) is 1. The molecule has 1 fully saturated rings. The molecular weight excluding hydrogens is 234 g/mol. The molecule has 1 aromatic carbocycles. The lowest BCUT2D eigenvalue weighted by molar-refractivity contribution is 0.565. The summed E-state index contributed by atoms with van der Waals surface area (Å²) in [6, 6.07) is 8.37. The summed E-state index contributed by atoms with van der Waals surface area (Å²) in [6.07, 6.45) is 6.08. The van der Waals surface area contributed by atoms with Crippen molar-refractivity contribution in [1.82, 2.24) is 0 Å². The fourth-order valence-corrected chi connectivity index (χ4v) is 2.85. The SMILES string of the molecule is CC(C)=Cc1oc2ccccc2c1N1CCCCC1. The van der Waals surface area contributed by atoms with Gasteiger partial charge in [-0.3, -0.25) is 0 Å². The largest absolute Gasteiger partial charge is 0.454 e. The third kappa shape index (κ3) is 2.40.